The Hall–Kier alpha value is -0.120. The van der Waals surface area contributed by atoms with Crippen LogP contribution in [0.1, 0.15) is 20.3 Å². The molecule has 0 aromatic heterocycles. The minimum absolute atomic E-state index is 0.0514. The Balaban J connectivity index is 2.52. The third-order valence-electron chi connectivity index (χ3n) is 3.41. The maximum absolute atomic E-state index is 6.24. The van der Waals surface area contributed by atoms with Crippen molar-refractivity contribution in [2.45, 2.75) is 31.8 Å². The van der Waals surface area contributed by atoms with Gasteiger partial charge in [0.25, 0.3) is 0 Å². The second kappa shape index (κ2) is 3.95. The van der Waals surface area contributed by atoms with Gasteiger partial charge in [-0.2, -0.15) is 0 Å². The van der Waals surface area contributed by atoms with E-state index in [1.54, 1.807) is 0 Å². The molecule has 1 saturated heterocycles. The van der Waals surface area contributed by atoms with Crippen LogP contribution < -0.4 is 11.1 Å². The lowest BCUT2D eigenvalue weighted by molar-refractivity contribution is 0.258. The van der Waals surface area contributed by atoms with Crippen LogP contribution in [0.5, 0.6) is 0 Å². The number of nitrogens with one attached hydrogen (secondary N) is 1. The van der Waals surface area contributed by atoms with E-state index in [0.29, 0.717) is 5.92 Å². The van der Waals surface area contributed by atoms with Gasteiger partial charge in [-0.1, -0.05) is 0 Å². The van der Waals surface area contributed by atoms with E-state index in [1.807, 2.05) is 7.05 Å². The standard InChI is InChI=1S/C10H23N3/c1-10(2,12-3)9(11)8-5-6-13(4)7-8/h8-9,12H,5-7,11H2,1-4H3. The van der Waals surface area contributed by atoms with Gasteiger partial charge in [-0.3, -0.25) is 0 Å². The Morgan fingerprint density at radius 2 is 2.15 bits per heavy atom. The van der Waals surface area contributed by atoms with Gasteiger partial charge in [0.1, 0.15) is 0 Å². The van der Waals surface area contributed by atoms with Gasteiger partial charge < -0.3 is 16.0 Å². The number of hydrogen-bond donors (Lipinski definition) is 2. The van der Waals surface area contributed by atoms with Crippen LogP contribution in [0.4, 0.5) is 0 Å². The van der Waals surface area contributed by atoms with Crippen LogP contribution in [0, 0.1) is 5.92 Å². The molecule has 0 bridgehead atoms. The summed E-state index contributed by atoms with van der Waals surface area (Å²) in [6, 6.07) is 0.252. The van der Waals surface area contributed by atoms with Gasteiger partial charge >= 0.3 is 0 Å². The van der Waals surface area contributed by atoms with Crippen molar-refractivity contribution in [2.24, 2.45) is 11.7 Å². The first kappa shape index (κ1) is 11.0. The van der Waals surface area contributed by atoms with Crippen molar-refractivity contribution in [3.63, 3.8) is 0 Å². The third kappa shape index (κ3) is 2.42. The SMILES string of the molecule is CNC(C)(C)C(N)C1CCN(C)C1. The van der Waals surface area contributed by atoms with Crippen molar-refractivity contribution >= 4 is 0 Å². The van der Waals surface area contributed by atoms with Crippen molar-refractivity contribution in [3.05, 3.63) is 0 Å². The molecule has 3 nitrogen and oxygen atoms in total. The maximum Gasteiger partial charge on any atom is 0.0276 e. The first-order chi connectivity index (χ1) is 5.97. The lowest BCUT2D eigenvalue weighted by Crippen LogP contribution is -2.56. The zero-order valence-corrected chi connectivity index (χ0v) is 9.30. The molecule has 78 valence electrons. The van der Waals surface area contributed by atoms with E-state index in [1.165, 1.54) is 13.0 Å². The summed E-state index contributed by atoms with van der Waals surface area (Å²) in [7, 11) is 4.15. The van der Waals surface area contributed by atoms with Crippen molar-refractivity contribution in [3.8, 4) is 0 Å². The molecule has 1 aliphatic rings. The number of likely N-dealkylation sites (tertiary alicyclic amines) is 1. The van der Waals surface area contributed by atoms with Crippen molar-refractivity contribution in [2.75, 3.05) is 27.2 Å². The van der Waals surface area contributed by atoms with Crippen molar-refractivity contribution < 1.29 is 0 Å². The molecule has 0 saturated carbocycles. The number of rotatable bonds is 3. The molecule has 1 heterocycles. The minimum atomic E-state index is 0.0514. The molecule has 0 radical (unpaired) electrons. The molecule has 0 spiro atoms. The molecule has 2 unspecified atom stereocenters. The number of nitrogens with two attached hydrogens (primary N) is 1. The Labute approximate surface area is 81.7 Å². The lowest BCUT2D eigenvalue weighted by Gasteiger charge is -2.35. The van der Waals surface area contributed by atoms with Crippen LogP contribution in [0.3, 0.4) is 0 Å². The Morgan fingerprint density at radius 1 is 1.54 bits per heavy atom. The average Bonchev–Trinajstić information content (AvgIpc) is 2.50. The summed E-state index contributed by atoms with van der Waals surface area (Å²) in [5, 5.41) is 3.29. The molecular weight excluding hydrogens is 162 g/mol. The summed E-state index contributed by atoms with van der Waals surface area (Å²) in [5.74, 6) is 0.646. The Bertz CT molecular complexity index is 168. The molecule has 0 aromatic carbocycles. The fourth-order valence-corrected chi connectivity index (χ4v) is 2.02. The van der Waals surface area contributed by atoms with E-state index in [-0.39, 0.29) is 11.6 Å². The first-order valence-electron chi connectivity index (χ1n) is 5.10. The van der Waals surface area contributed by atoms with Crippen LogP contribution in [0.2, 0.25) is 0 Å². The van der Waals surface area contributed by atoms with Crippen LogP contribution in [-0.4, -0.2) is 43.7 Å². The fourth-order valence-electron chi connectivity index (χ4n) is 2.02. The molecule has 1 fully saturated rings. The van der Waals surface area contributed by atoms with Crippen LogP contribution in [0.15, 0.2) is 0 Å². The lowest BCUT2D eigenvalue weighted by atomic mass is 9.84. The minimum Gasteiger partial charge on any atom is -0.326 e. The van der Waals surface area contributed by atoms with Gasteiger partial charge in [-0.05, 0) is 46.8 Å². The topological polar surface area (TPSA) is 41.3 Å². The monoisotopic (exact) mass is 185 g/mol. The Morgan fingerprint density at radius 3 is 2.54 bits per heavy atom. The van der Waals surface area contributed by atoms with Crippen LogP contribution in [0.25, 0.3) is 0 Å². The molecule has 1 aliphatic heterocycles. The van der Waals surface area contributed by atoms with Gasteiger partial charge in [0.2, 0.25) is 0 Å². The number of nitrogens with zero attached hydrogens (tertiary/aromatic N) is 1. The van der Waals surface area contributed by atoms with Gasteiger partial charge in [0.15, 0.2) is 0 Å². The summed E-state index contributed by atoms with van der Waals surface area (Å²) < 4.78 is 0. The zero-order valence-electron chi connectivity index (χ0n) is 9.30. The largest absolute Gasteiger partial charge is 0.326 e. The quantitative estimate of drug-likeness (QED) is 0.663. The highest BCUT2D eigenvalue weighted by Crippen LogP contribution is 2.23. The van der Waals surface area contributed by atoms with E-state index in [0.717, 1.165) is 6.54 Å². The van der Waals surface area contributed by atoms with E-state index in [9.17, 15) is 0 Å². The second-order valence-corrected chi connectivity index (χ2v) is 4.81. The zero-order chi connectivity index (χ0) is 10.1. The number of likely N-dealkylation sites (N-methyl/N-ethyl adjacent to an activating group) is 1. The maximum atomic E-state index is 6.24. The summed E-state index contributed by atoms with van der Waals surface area (Å²) in [4.78, 5) is 2.36. The molecule has 13 heavy (non-hydrogen) atoms. The van der Waals surface area contributed by atoms with Gasteiger partial charge in [0.05, 0.1) is 0 Å². The molecule has 0 amide bonds. The molecular formula is C10H23N3. The third-order valence-corrected chi connectivity index (χ3v) is 3.41. The summed E-state index contributed by atoms with van der Waals surface area (Å²) in [6.07, 6.45) is 1.24. The highest BCUT2D eigenvalue weighted by atomic mass is 15.1. The molecule has 3 N–H and O–H groups in total. The number of hydrogen-bond acceptors (Lipinski definition) is 3. The normalized spacial score (nSPS) is 27.9. The van der Waals surface area contributed by atoms with Gasteiger partial charge in [0, 0.05) is 18.1 Å². The van der Waals surface area contributed by atoms with Gasteiger partial charge in [-0.15, -0.1) is 0 Å². The highest BCUT2D eigenvalue weighted by Gasteiger charge is 2.34. The van der Waals surface area contributed by atoms with E-state index in [4.69, 9.17) is 5.73 Å². The van der Waals surface area contributed by atoms with Crippen LogP contribution >= 0.6 is 0 Å². The molecule has 0 aliphatic carbocycles. The van der Waals surface area contributed by atoms with Crippen molar-refractivity contribution in [1.82, 2.24) is 10.2 Å². The molecule has 1 rings (SSSR count). The average molecular weight is 185 g/mol. The smallest absolute Gasteiger partial charge is 0.0276 e. The molecule has 0 aromatic rings. The summed E-state index contributed by atoms with van der Waals surface area (Å²) in [6.45, 7) is 6.69. The van der Waals surface area contributed by atoms with E-state index < -0.39 is 0 Å². The second-order valence-electron chi connectivity index (χ2n) is 4.81. The fraction of sp³-hybridized carbons (Fsp3) is 1.00. The molecule has 2 atom stereocenters. The van der Waals surface area contributed by atoms with Crippen LogP contribution in [-0.2, 0) is 0 Å². The molecule has 3 heteroatoms. The van der Waals surface area contributed by atoms with Gasteiger partial charge in [-0.25, -0.2) is 0 Å². The predicted octanol–water partition coefficient (Wildman–Crippen LogP) is 0.263. The van der Waals surface area contributed by atoms with Crippen molar-refractivity contribution in [1.29, 1.82) is 0 Å². The van der Waals surface area contributed by atoms with E-state index in [2.05, 4.69) is 31.1 Å². The van der Waals surface area contributed by atoms with E-state index >= 15 is 0 Å². The highest BCUT2D eigenvalue weighted by molar-refractivity contribution is 4.95. The first-order valence-corrected chi connectivity index (χ1v) is 5.10. The summed E-state index contributed by atoms with van der Waals surface area (Å²) >= 11 is 0. The predicted molar refractivity (Wildman–Crippen MR) is 56.7 cm³/mol. The summed E-state index contributed by atoms with van der Waals surface area (Å²) in [5.41, 5.74) is 6.29. The Kier molecular flexibility index (Phi) is 3.33.